The average Bonchev–Trinajstić information content (AvgIpc) is 2.37. The smallest absolute Gasteiger partial charge is 0.191 e. The molecular weight excluding hydrogens is 308 g/mol. The Bertz CT molecular complexity index is 432. The highest BCUT2D eigenvalue weighted by Gasteiger charge is 2.35. The zero-order valence-corrected chi connectivity index (χ0v) is 12.1. The van der Waals surface area contributed by atoms with Gasteiger partial charge in [0.25, 0.3) is 0 Å². The summed E-state index contributed by atoms with van der Waals surface area (Å²) in [7, 11) is -0.590. The first-order valence-electron chi connectivity index (χ1n) is 4.94. The summed E-state index contributed by atoms with van der Waals surface area (Å²) >= 11 is 3.20. The molecule has 0 atom stereocenters. The molecule has 96 valence electrons. The summed E-state index contributed by atoms with van der Waals surface area (Å²) in [4.78, 5) is 0.263. The molecule has 0 amide bonds. The Balaban J connectivity index is 3.01. The van der Waals surface area contributed by atoms with E-state index in [0.29, 0.717) is 0 Å². The van der Waals surface area contributed by atoms with Crippen LogP contribution in [0.15, 0.2) is 35.2 Å². The summed E-state index contributed by atoms with van der Waals surface area (Å²) in [6, 6.07) is 8.24. The number of hydrogen-bond acceptors (Lipinski definition) is 4. The number of hydrogen-bond donors (Lipinski definition) is 0. The highest BCUT2D eigenvalue weighted by atomic mass is 79.9. The van der Waals surface area contributed by atoms with E-state index in [1.807, 2.05) is 0 Å². The lowest BCUT2D eigenvalue weighted by molar-refractivity contribution is -0.171. The highest BCUT2D eigenvalue weighted by Crippen LogP contribution is 2.21. The summed E-state index contributed by atoms with van der Waals surface area (Å²) in [5.74, 6) is -1.39. The van der Waals surface area contributed by atoms with Crippen molar-refractivity contribution in [3.8, 4) is 0 Å². The van der Waals surface area contributed by atoms with E-state index in [0.717, 1.165) is 0 Å². The first-order valence-corrected chi connectivity index (χ1v) is 7.71. The molecule has 1 rings (SSSR count). The summed E-state index contributed by atoms with van der Waals surface area (Å²) in [6.45, 7) is 0. The summed E-state index contributed by atoms with van der Waals surface area (Å²) in [6.07, 6.45) is 0. The SMILES string of the molecule is COC(CBr)(CS(=O)(=O)c1ccccc1)OC. The molecule has 1 aromatic carbocycles. The molecule has 0 unspecified atom stereocenters. The largest absolute Gasteiger partial charge is 0.351 e. The van der Waals surface area contributed by atoms with Gasteiger partial charge in [0.2, 0.25) is 0 Å². The molecule has 0 radical (unpaired) electrons. The van der Waals surface area contributed by atoms with Crippen molar-refractivity contribution in [2.24, 2.45) is 0 Å². The number of methoxy groups -OCH3 is 2. The zero-order chi connectivity index (χ0) is 12.9. The van der Waals surface area contributed by atoms with E-state index in [1.165, 1.54) is 14.2 Å². The molecule has 0 aromatic heterocycles. The Morgan fingerprint density at radius 3 is 2.12 bits per heavy atom. The number of halogens is 1. The molecule has 0 saturated carbocycles. The second kappa shape index (κ2) is 5.95. The van der Waals surface area contributed by atoms with Crippen LogP contribution in [0.4, 0.5) is 0 Å². The number of rotatable bonds is 6. The van der Waals surface area contributed by atoms with Crippen molar-refractivity contribution in [2.45, 2.75) is 10.7 Å². The van der Waals surface area contributed by atoms with Gasteiger partial charge in [-0.25, -0.2) is 8.42 Å². The van der Waals surface area contributed by atoms with Crippen molar-refractivity contribution in [1.82, 2.24) is 0 Å². The van der Waals surface area contributed by atoms with Gasteiger partial charge in [-0.15, -0.1) is 0 Å². The molecule has 0 N–H and O–H groups in total. The maximum atomic E-state index is 12.1. The first-order chi connectivity index (χ1) is 7.99. The van der Waals surface area contributed by atoms with Crippen molar-refractivity contribution in [1.29, 1.82) is 0 Å². The fourth-order valence-corrected chi connectivity index (χ4v) is 3.92. The molecule has 6 heteroatoms. The normalized spacial score (nSPS) is 12.6. The molecule has 17 heavy (non-hydrogen) atoms. The van der Waals surface area contributed by atoms with Gasteiger partial charge in [0.05, 0.1) is 10.2 Å². The predicted molar refractivity (Wildman–Crippen MR) is 69.0 cm³/mol. The molecular formula is C11H15BrO4S. The minimum absolute atomic E-state index is 0.234. The molecule has 4 nitrogen and oxygen atoms in total. The maximum Gasteiger partial charge on any atom is 0.191 e. The van der Waals surface area contributed by atoms with Gasteiger partial charge in [0.1, 0.15) is 5.75 Å². The molecule has 0 fully saturated rings. The second-order valence-electron chi connectivity index (χ2n) is 3.52. The van der Waals surface area contributed by atoms with E-state index < -0.39 is 15.6 Å². The van der Waals surface area contributed by atoms with Crippen LogP contribution in [0, 0.1) is 0 Å². The van der Waals surface area contributed by atoms with E-state index >= 15 is 0 Å². The number of ether oxygens (including phenoxy) is 2. The Morgan fingerprint density at radius 2 is 1.71 bits per heavy atom. The van der Waals surface area contributed by atoms with Gasteiger partial charge < -0.3 is 9.47 Å². The number of benzene rings is 1. The van der Waals surface area contributed by atoms with Crippen LogP contribution in [-0.4, -0.2) is 39.5 Å². The Morgan fingerprint density at radius 1 is 1.18 bits per heavy atom. The topological polar surface area (TPSA) is 52.6 Å². The van der Waals surface area contributed by atoms with Crippen molar-refractivity contribution in [2.75, 3.05) is 25.3 Å². The van der Waals surface area contributed by atoms with E-state index in [4.69, 9.17) is 9.47 Å². The van der Waals surface area contributed by atoms with Crippen molar-refractivity contribution >= 4 is 25.8 Å². The lowest BCUT2D eigenvalue weighted by atomic mass is 10.4. The van der Waals surface area contributed by atoms with Crippen molar-refractivity contribution in [3.05, 3.63) is 30.3 Å². The molecule has 0 spiro atoms. The summed E-state index contributed by atoms with van der Waals surface area (Å²) in [5.41, 5.74) is 0. The summed E-state index contributed by atoms with van der Waals surface area (Å²) < 4.78 is 34.6. The molecule has 0 saturated heterocycles. The lowest BCUT2D eigenvalue weighted by Gasteiger charge is -2.28. The minimum atomic E-state index is -3.43. The Hall–Kier alpha value is -0.430. The zero-order valence-electron chi connectivity index (χ0n) is 9.72. The van der Waals surface area contributed by atoms with Crippen LogP contribution in [0.2, 0.25) is 0 Å². The molecule has 0 bridgehead atoms. The van der Waals surface area contributed by atoms with Crippen LogP contribution in [-0.2, 0) is 19.3 Å². The summed E-state index contributed by atoms with van der Waals surface area (Å²) in [5, 5.41) is 0.277. The van der Waals surface area contributed by atoms with E-state index in [9.17, 15) is 8.42 Å². The Labute approximate surface area is 110 Å². The van der Waals surface area contributed by atoms with Crippen LogP contribution >= 0.6 is 15.9 Å². The molecule has 0 aliphatic rings. The van der Waals surface area contributed by atoms with Crippen molar-refractivity contribution < 1.29 is 17.9 Å². The van der Waals surface area contributed by atoms with Crippen LogP contribution in [0.1, 0.15) is 0 Å². The second-order valence-corrected chi connectivity index (χ2v) is 6.08. The van der Waals surface area contributed by atoms with Gasteiger partial charge in [0.15, 0.2) is 15.6 Å². The number of sulfone groups is 1. The highest BCUT2D eigenvalue weighted by molar-refractivity contribution is 9.09. The fourth-order valence-electron chi connectivity index (χ4n) is 1.35. The third kappa shape index (κ3) is 3.51. The molecule has 0 aliphatic heterocycles. The Kier molecular flexibility index (Phi) is 5.12. The number of alkyl halides is 1. The molecule has 0 heterocycles. The van der Waals surface area contributed by atoms with Crippen LogP contribution < -0.4 is 0 Å². The monoisotopic (exact) mass is 322 g/mol. The van der Waals surface area contributed by atoms with Crippen LogP contribution in [0.3, 0.4) is 0 Å². The third-order valence-corrected chi connectivity index (χ3v) is 5.12. The minimum Gasteiger partial charge on any atom is -0.351 e. The molecule has 0 aliphatic carbocycles. The third-order valence-electron chi connectivity index (χ3n) is 2.46. The van der Waals surface area contributed by atoms with Crippen molar-refractivity contribution in [3.63, 3.8) is 0 Å². The van der Waals surface area contributed by atoms with Crippen LogP contribution in [0.5, 0.6) is 0 Å². The first kappa shape index (κ1) is 14.6. The fraction of sp³-hybridized carbons (Fsp3) is 0.455. The molecule has 1 aromatic rings. The van der Waals surface area contributed by atoms with Gasteiger partial charge in [0, 0.05) is 14.2 Å². The average molecular weight is 323 g/mol. The quantitative estimate of drug-likeness (QED) is 0.592. The maximum absolute atomic E-state index is 12.1. The van der Waals surface area contributed by atoms with E-state index in [1.54, 1.807) is 30.3 Å². The van der Waals surface area contributed by atoms with E-state index in [2.05, 4.69) is 15.9 Å². The lowest BCUT2D eigenvalue weighted by Crippen LogP contribution is -2.43. The van der Waals surface area contributed by atoms with Gasteiger partial charge >= 0.3 is 0 Å². The van der Waals surface area contributed by atoms with Gasteiger partial charge in [-0.2, -0.15) is 0 Å². The van der Waals surface area contributed by atoms with Crippen LogP contribution in [0.25, 0.3) is 0 Å². The predicted octanol–water partition coefficient (Wildman–Crippen LogP) is 1.84. The van der Waals surface area contributed by atoms with E-state index in [-0.39, 0.29) is 16.0 Å². The van der Waals surface area contributed by atoms with Gasteiger partial charge in [-0.1, -0.05) is 34.1 Å². The van der Waals surface area contributed by atoms with Gasteiger partial charge in [-0.05, 0) is 12.1 Å². The van der Waals surface area contributed by atoms with Gasteiger partial charge in [-0.3, -0.25) is 0 Å². The standard InChI is InChI=1S/C11H15BrO4S/c1-15-11(8-12,16-2)9-17(13,14)10-6-4-3-5-7-10/h3-7H,8-9H2,1-2H3.